The number of hydrogen-bond acceptors (Lipinski definition) is 6. The van der Waals surface area contributed by atoms with Crippen molar-refractivity contribution in [1.29, 1.82) is 0 Å². The van der Waals surface area contributed by atoms with Crippen molar-refractivity contribution in [2.45, 2.75) is 62.7 Å². The van der Waals surface area contributed by atoms with Crippen LogP contribution in [-0.2, 0) is 10.3 Å². The number of benzene rings is 1. The Bertz CT molecular complexity index is 1290. The minimum atomic E-state index is -0.915. The van der Waals surface area contributed by atoms with Crippen molar-refractivity contribution in [2.75, 3.05) is 12.4 Å². The van der Waals surface area contributed by atoms with Crippen LogP contribution in [0.3, 0.4) is 0 Å². The number of amides is 2. The van der Waals surface area contributed by atoms with Crippen LogP contribution in [0.2, 0.25) is 0 Å². The Hall–Kier alpha value is -3.37. The predicted octanol–water partition coefficient (Wildman–Crippen LogP) is 5.66. The van der Waals surface area contributed by atoms with E-state index in [4.69, 9.17) is 5.73 Å². The van der Waals surface area contributed by atoms with Crippen molar-refractivity contribution in [3.8, 4) is 22.4 Å². The summed E-state index contributed by atoms with van der Waals surface area (Å²) >= 11 is 1.57. The maximum atomic E-state index is 13.4. The molecule has 0 unspecified atom stereocenters. The van der Waals surface area contributed by atoms with E-state index in [2.05, 4.69) is 15.5 Å². The number of anilines is 1. The first-order valence-corrected chi connectivity index (χ1v) is 13.9. The van der Waals surface area contributed by atoms with Crippen molar-refractivity contribution in [3.63, 3.8) is 0 Å². The van der Waals surface area contributed by atoms with Gasteiger partial charge in [0.25, 0.3) is 0 Å². The second-order valence-electron chi connectivity index (χ2n) is 10.6. The average Bonchev–Trinajstić information content (AvgIpc) is 3.43. The van der Waals surface area contributed by atoms with Crippen molar-refractivity contribution < 1.29 is 19.1 Å². The molecule has 0 saturated heterocycles. The van der Waals surface area contributed by atoms with E-state index in [0.717, 1.165) is 47.9 Å². The molecule has 2 aromatic heterocycles. The Morgan fingerprint density at radius 3 is 2.45 bits per heavy atom. The molecule has 2 amide bonds. The third kappa shape index (κ3) is 5.56. The number of carboxylic acid groups (broad SMARTS) is 1. The smallest absolute Gasteiger partial charge is 0.407 e. The van der Waals surface area contributed by atoms with Gasteiger partial charge in [0.05, 0.1) is 0 Å². The molecule has 2 heterocycles. The third-order valence-corrected chi connectivity index (χ3v) is 8.62. The number of carbonyl (C=O) groups is 2. The summed E-state index contributed by atoms with van der Waals surface area (Å²) in [6, 6.07) is 11.6. The molecular weight excluding hydrogens is 505 g/mol. The van der Waals surface area contributed by atoms with Crippen LogP contribution in [0.4, 0.5) is 15.0 Å². The monoisotopic (exact) mass is 537 g/mol. The van der Waals surface area contributed by atoms with E-state index >= 15 is 0 Å². The minimum Gasteiger partial charge on any atom is -0.465 e. The van der Waals surface area contributed by atoms with Crippen molar-refractivity contribution in [2.24, 2.45) is 11.7 Å². The molecule has 38 heavy (non-hydrogen) atoms. The number of nitrogens with one attached hydrogen (secondary N) is 1. The Kier molecular flexibility index (Phi) is 7.45. The molecule has 2 saturated carbocycles. The van der Waals surface area contributed by atoms with Crippen LogP contribution in [0.15, 0.2) is 47.2 Å². The normalized spacial score (nSPS) is 24.9. The Balaban J connectivity index is 1.28. The molecule has 200 valence electrons. The highest BCUT2D eigenvalue weighted by molar-refractivity contribution is 7.08. The van der Waals surface area contributed by atoms with Crippen LogP contribution in [0, 0.1) is 5.92 Å². The molecule has 1 aromatic carbocycles. The first kappa shape index (κ1) is 26.2. The zero-order chi connectivity index (χ0) is 26.9. The minimum absolute atomic E-state index is 0.0113. The molecule has 2 fully saturated rings. The summed E-state index contributed by atoms with van der Waals surface area (Å²) in [5.41, 5.74) is 10.0. The van der Waals surface area contributed by atoms with Gasteiger partial charge in [-0.05, 0) is 65.6 Å². The van der Waals surface area contributed by atoms with E-state index in [-0.39, 0.29) is 17.9 Å². The number of nitrogens with two attached hydrogens (primary N) is 1. The molecule has 0 bridgehead atoms. The number of thiophene rings is 1. The quantitative estimate of drug-likeness (QED) is 0.358. The van der Waals surface area contributed by atoms with Gasteiger partial charge in [0, 0.05) is 49.0 Å². The predicted molar refractivity (Wildman–Crippen MR) is 146 cm³/mol. The molecule has 0 spiro atoms. The van der Waals surface area contributed by atoms with Crippen molar-refractivity contribution >= 4 is 29.2 Å². The highest BCUT2D eigenvalue weighted by Gasteiger charge is 2.42. The van der Waals surface area contributed by atoms with E-state index < -0.39 is 17.8 Å². The fraction of sp³-hybridized carbons (Fsp3) is 0.429. The number of aromatic nitrogens is 2. The first-order valence-electron chi connectivity index (χ1n) is 12.9. The molecule has 3 aromatic rings. The van der Waals surface area contributed by atoms with Gasteiger partial charge in [0.15, 0.2) is 5.82 Å². The Morgan fingerprint density at radius 2 is 1.84 bits per heavy atom. The zero-order valence-electron chi connectivity index (χ0n) is 21.3. The highest BCUT2D eigenvalue weighted by atomic mass is 32.1. The van der Waals surface area contributed by atoms with Crippen molar-refractivity contribution in [1.82, 2.24) is 15.1 Å². The van der Waals surface area contributed by atoms with Crippen LogP contribution in [-0.4, -0.2) is 51.5 Å². The number of rotatable bonds is 7. The fourth-order valence-electron chi connectivity index (χ4n) is 5.58. The SMILES string of the molecule is CN(C(=O)O)C1CCC(CC(=O)Nc2cc(-c3ccsc3)c(-c3ccc(C4(N)CC(F)C4)cc3)nn2)CC1. The molecule has 0 aliphatic heterocycles. The summed E-state index contributed by atoms with van der Waals surface area (Å²) < 4.78 is 13.4. The van der Waals surface area contributed by atoms with Gasteiger partial charge < -0.3 is 21.1 Å². The largest absolute Gasteiger partial charge is 0.465 e. The van der Waals surface area contributed by atoms with Crippen LogP contribution < -0.4 is 11.1 Å². The molecule has 8 nitrogen and oxygen atoms in total. The summed E-state index contributed by atoms with van der Waals surface area (Å²) in [5, 5.41) is 24.9. The van der Waals surface area contributed by atoms with Gasteiger partial charge in [0.2, 0.25) is 5.91 Å². The van der Waals surface area contributed by atoms with Crippen LogP contribution in [0.1, 0.15) is 50.5 Å². The molecule has 10 heteroatoms. The number of hydrogen-bond donors (Lipinski definition) is 3. The molecule has 5 rings (SSSR count). The molecular formula is C28H32FN5O3S. The number of carbonyl (C=O) groups excluding carboxylic acids is 1. The van der Waals surface area contributed by atoms with Gasteiger partial charge in [-0.2, -0.15) is 11.3 Å². The summed E-state index contributed by atoms with van der Waals surface area (Å²) in [5.74, 6) is 0.479. The first-order chi connectivity index (χ1) is 18.2. The Morgan fingerprint density at radius 1 is 1.13 bits per heavy atom. The zero-order valence-corrected chi connectivity index (χ0v) is 22.1. The summed E-state index contributed by atoms with van der Waals surface area (Å²) in [6.45, 7) is 0. The lowest BCUT2D eigenvalue weighted by atomic mass is 9.71. The second kappa shape index (κ2) is 10.8. The van der Waals surface area contributed by atoms with Gasteiger partial charge in [-0.1, -0.05) is 24.3 Å². The molecule has 0 radical (unpaired) electrons. The number of halogens is 1. The average molecular weight is 538 g/mol. The van der Waals surface area contributed by atoms with Crippen molar-refractivity contribution in [3.05, 3.63) is 52.7 Å². The van der Waals surface area contributed by atoms with Crippen LogP contribution in [0.5, 0.6) is 0 Å². The van der Waals surface area contributed by atoms with Gasteiger partial charge in [-0.15, -0.1) is 10.2 Å². The molecule has 2 aliphatic carbocycles. The van der Waals surface area contributed by atoms with Crippen LogP contribution in [0.25, 0.3) is 22.4 Å². The summed E-state index contributed by atoms with van der Waals surface area (Å²) in [4.78, 5) is 25.4. The lowest BCUT2D eigenvalue weighted by molar-refractivity contribution is -0.117. The van der Waals surface area contributed by atoms with Gasteiger partial charge in [-0.25, -0.2) is 9.18 Å². The number of alkyl halides is 1. The lowest BCUT2D eigenvalue weighted by Gasteiger charge is -2.41. The second-order valence-corrected chi connectivity index (χ2v) is 11.3. The van der Waals surface area contributed by atoms with E-state index in [1.165, 1.54) is 4.90 Å². The summed E-state index contributed by atoms with van der Waals surface area (Å²) in [7, 11) is 1.60. The van der Waals surface area contributed by atoms with Gasteiger partial charge in [0.1, 0.15) is 11.9 Å². The van der Waals surface area contributed by atoms with E-state index in [9.17, 15) is 19.1 Å². The van der Waals surface area contributed by atoms with Crippen LogP contribution >= 0.6 is 11.3 Å². The fourth-order valence-corrected chi connectivity index (χ4v) is 6.23. The maximum Gasteiger partial charge on any atom is 0.407 e. The molecule has 2 aliphatic rings. The third-order valence-electron chi connectivity index (χ3n) is 7.94. The lowest BCUT2D eigenvalue weighted by Crippen LogP contribution is -2.50. The maximum absolute atomic E-state index is 13.4. The van der Waals surface area contributed by atoms with E-state index in [1.54, 1.807) is 18.4 Å². The highest BCUT2D eigenvalue weighted by Crippen LogP contribution is 2.42. The standard InChI is InChI=1S/C28H32FN5O3S/c1-34(27(36)37)22-8-2-17(3-9-22)12-25(35)31-24-13-23(19-10-11-38-16-19)26(33-32-24)18-4-6-20(7-5-18)28(30)14-21(29)15-28/h4-7,10-11,13,16-17,21-22H,2-3,8-9,12,14-15,30H2,1H3,(H,36,37)(H,31,32,35). The molecule has 4 N–H and O–H groups in total. The van der Waals surface area contributed by atoms with Gasteiger partial charge >= 0.3 is 6.09 Å². The number of nitrogens with zero attached hydrogens (tertiary/aromatic N) is 3. The van der Waals surface area contributed by atoms with E-state index in [1.807, 2.05) is 47.2 Å². The Labute approximate surface area is 225 Å². The summed E-state index contributed by atoms with van der Waals surface area (Å²) in [6.07, 6.45) is 2.42. The van der Waals surface area contributed by atoms with E-state index in [0.29, 0.717) is 30.8 Å². The molecule has 0 atom stereocenters. The topological polar surface area (TPSA) is 121 Å². The van der Waals surface area contributed by atoms with Gasteiger partial charge in [-0.3, -0.25) is 4.79 Å².